The molecular weight excluding hydrogens is 294 g/mol. The van der Waals surface area contributed by atoms with Crippen LogP contribution in [-0.2, 0) is 0 Å². The second-order valence-electron chi connectivity index (χ2n) is 4.98. The van der Waals surface area contributed by atoms with E-state index in [2.05, 4.69) is 5.16 Å². The van der Waals surface area contributed by atoms with Crippen molar-refractivity contribution >= 4 is 5.97 Å². The van der Waals surface area contributed by atoms with E-state index in [-0.39, 0.29) is 0 Å². The van der Waals surface area contributed by atoms with Gasteiger partial charge in [-0.2, -0.15) is 0 Å². The minimum absolute atomic E-state index is 0.356. The lowest BCUT2D eigenvalue weighted by atomic mass is 10.2. The molecule has 3 rings (SSSR count). The highest BCUT2D eigenvalue weighted by atomic mass is 16.5. The molecule has 0 spiro atoms. The first-order valence-corrected chi connectivity index (χ1v) is 7.11. The molecule has 2 aromatic carbocycles. The second-order valence-corrected chi connectivity index (χ2v) is 4.98. The van der Waals surface area contributed by atoms with Gasteiger partial charge in [-0.1, -0.05) is 23.4 Å². The van der Waals surface area contributed by atoms with E-state index in [1.54, 1.807) is 38.1 Å². The first kappa shape index (κ1) is 14.8. The van der Waals surface area contributed by atoms with E-state index < -0.39 is 5.97 Å². The molecule has 0 aliphatic rings. The van der Waals surface area contributed by atoms with Crippen LogP contribution in [0.25, 0.3) is 0 Å². The number of benzene rings is 2. The number of rotatable bonds is 4. The van der Waals surface area contributed by atoms with Gasteiger partial charge in [0.2, 0.25) is 0 Å². The Morgan fingerprint density at radius 1 is 0.913 bits per heavy atom. The van der Waals surface area contributed by atoms with Gasteiger partial charge < -0.3 is 14.0 Å². The van der Waals surface area contributed by atoms with E-state index in [0.29, 0.717) is 28.5 Å². The average Bonchev–Trinajstić information content (AvgIpc) is 2.89. The van der Waals surface area contributed by atoms with Gasteiger partial charge in [0.1, 0.15) is 28.6 Å². The van der Waals surface area contributed by atoms with Gasteiger partial charge in [0, 0.05) is 0 Å². The molecule has 3 aromatic rings. The number of esters is 1. The molecule has 0 fully saturated rings. The fourth-order valence-electron chi connectivity index (χ4n) is 2.13. The standard InChI is InChI=1S/C18H15NO4/c1-12-17(13(2)23-19-12)18(20)22-16-10-8-15(9-11-16)21-14-6-4-3-5-7-14/h3-11H,1-2H3. The zero-order valence-electron chi connectivity index (χ0n) is 12.8. The van der Waals surface area contributed by atoms with E-state index in [1.165, 1.54) is 0 Å². The molecule has 0 bridgehead atoms. The number of aryl methyl sites for hydroxylation is 2. The number of carbonyl (C=O) groups is 1. The number of para-hydroxylation sites is 1. The first-order valence-electron chi connectivity index (χ1n) is 7.11. The van der Waals surface area contributed by atoms with Crippen molar-refractivity contribution in [3.63, 3.8) is 0 Å². The van der Waals surface area contributed by atoms with Crippen molar-refractivity contribution in [3.05, 3.63) is 71.6 Å². The number of nitrogens with zero attached hydrogens (tertiary/aromatic N) is 1. The minimum Gasteiger partial charge on any atom is -0.457 e. The lowest BCUT2D eigenvalue weighted by molar-refractivity contribution is 0.0732. The van der Waals surface area contributed by atoms with Gasteiger partial charge in [-0.15, -0.1) is 0 Å². The van der Waals surface area contributed by atoms with Crippen molar-refractivity contribution in [1.82, 2.24) is 5.16 Å². The molecule has 5 nitrogen and oxygen atoms in total. The quantitative estimate of drug-likeness (QED) is 0.531. The van der Waals surface area contributed by atoms with Crippen LogP contribution in [-0.4, -0.2) is 11.1 Å². The molecule has 0 atom stereocenters. The third-order valence-corrected chi connectivity index (χ3v) is 3.25. The van der Waals surface area contributed by atoms with Crippen molar-refractivity contribution in [2.45, 2.75) is 13.8 Å². The normalized spacial score (nSPS) is 10.3. The fraction of sp³-hybridized carbons (Fsp3) is 0.111. The summed E-state index contributed by atoms with van der Waals surface area (Å²) in [5.74, 6) is 1.78. The van der Waals surface area contributed by atoms with Gasteiger partial charge in [0.05, 0.1) is 5.69 Å². The smallest absolute Gasteiger partial charge is 0.349 e. The largest absolute Gasteiger partial charge is 0.457 e. The summed E-state index contributed by atoms with van der Waals surface area (Å²) >= 11 is 0. The van der Waals surface area contributed by atoms with E-state index in [9.17, 15) is 4.79 Å². The number of carbonyl (C=O) groups excluding carboxylic acids is 1. The SMILES string of the molecule is Cc1noc(C)c1C(=O)Oc1ccc(Oc2ccccc2)cc1. The van der Waals surface area contributed by atoms with Crippen molar-refractivity contribution in [1.29, 1.82) is 0 Å². The minimum atomic E-state index is -0.488. The average molecular weight is 309 g/mol. The van der Waals surface area contributed by atoms with Gasteiger partial charge >= 0.3 is 5.97 Å². The summed E-state index contributed by atoms with van der Waals surface area (Å²) in [6, 6.07) is 16.3. The monoisotopic (exact) mass is 309 g/mol. The topological polar surface area (TPSA) is 61.6 Å². The molecule has 1 heterocycles. The van der Waals surface area contributed by atoms with Crippen LogP contribution in [0, 0.1) is 13.8 Å². The lowest BCUT2D eigenvalue weighted by Crippen LogP contribution is -2.10. The van der Waals surface area contributed by atoms with Crippen molar-refractivity contribution < 1.29 is 18.8 Å². The third-order valence-electron chi connectivity index (χ3n) is 3.25. The molecule has 0 amide bonds. The van der Waals surface area contributed by atoms with Gasteiger partial charge in [-0.25, -0.2) is 4.79 Å². The van der Waals surface area contributed by atoms with Crippen LogP contribution in [0.5, 0.6) is 17.2 Å². The third kappa shape index (κ3) is 3.40. The molecule has 5 heteroatoms. The summed E-state index contributed by atoms with van der Waals surface area (Å²) in [6.45, 7) is 3.37. The van der Waals surface area contributed by atoms with Crippen LogP contribution >= 0.6 is 0 Å². The van der Waals surface area contributed by atoms with Gasteiger partial charge in [0.25, 0.3) is 0 Å². The predicted molar refractivity (Wildman–Crippen MR) is 83.9 cm³/mol. The molecule has 0 saturated carbocycles. The van der Waals surface area contributed by atoms with Crippen LogP contribution in [0.3, 0.4) is 0 Å². The summed E-state index contributed by atoms with van der Waals surface area (Å²) in [5.41, 5.74) is 0.867. The predicted octanol–water partition coefficient (Wildman–Crippen LogP) is 4.30. The molecule has 0 aliphatic carbocycles. The molecule has 116 valence electrons. The zero-order valence-corrected chi connectivity index (χ0v) is 12.8. The zero-order chi connectivity index (χ0) is 16.2. The maximum Gasteiger partial charge on any atom is 0.349 e. The van der Waals surface area contributed by atoms with Crippen molar-refractivity contribution in [2.75, 3.05) is 0 Å². The summed E-state index contributed by atoms with van der Waals surface area (Å²) in [7, 11) is 0. The highest BCUT2D eigenvalue weighted by molar-refractivity contribution is 5.93. The Bertz CT molecular complexity index is 787. The van der Waals surface area contributed by atoms with Gasteiger partial charge in [0.15, 0.2) is 0 Å². The molecule has 0 saturated heterocycles. The van der Waals surface area contributed by atoms with Gasteiger partial charge in [-0.05, 0) is 50.2 Å². The fourth-order valence-corrected chi connectivity index (χ4v) is 2.13. The Labute approximate surface area is 133 Å². The Morgan fingerprint density at radius 2 is 1.52 bits per heavy atom. The number of ether oxygens (including phenoxy) is 2. The summed E-state index contributed by atoms with van der Waals surface area (Å²) in [4.78, 5) is 12.1. The van der Waals surface area contributed by atoms with Crippen LogP contribution in [0.1, 0.15) is 21.8 Å². The van der Waals surface area contributed by atoms with Gasteiger partial charge in [-0.3, -0.25) is 0 Å². The Morgan fingerprint density at radius 3 is 2.13 bits per heavy atom. The van der Waals surface area contributed by atoms with E-state index in [0.717, 1.165) is 5.75 Å². The van der Waals surface area contributed by atoms with E-state index >= 15 is 0 Å². The number of hydrogen-bond acceptors (Lipinski definition) is 5. The highest BCUT2D eigenvalue weighted by Crippen LogP contribution is 2.24. The second kappa shape index (κ2) is 6.36. The molecule has 0 N–H and O–H groups in total. The maximum atomic E-state index is 12.1. The summed E-state index contributed by atoms with van der Waals surface area (Å²) in [5, 5.41) is 3.74. The van der Waals surface area contributed by atoms with E-state index in [1.807, 2.05) is 30.3 Å². The van der Waals surface area contributed by atoms with Crippen LogP contribution in [0.2, 0.25) is 0 Å². The van der Waals surface area contributed by atoms with Crippen LogP contribution in [0.15, 0.2) is 59.1 Å². The van der Waals surface area contributed by atoms with Crippen molar-refractivity contribution in [3.8, 4) is 17.2 Å². The molecule has 1 aromatic heterocycles. The Kier molecular flexibility index (Phi) is 4.10. The number of aromatic nitrogens is 1. The molecule has 23 heavy (non-hydrogen) atoms. The van der Waals surface area contributed by atoms with Crippen molar-refractivity contribution in [2.24, 2.45) is 0 Å². The first-order chi connectivity index (χ1) is 11.1. The molecular formula is C18H15NO4. The number of hydrogen-bond donors (Lipinski definition) is 0. The van der Waals surface area contributed by atoms with Crippen LogP contribution < -0.4 is 9.47 Å². The van der Waals surface area contributed by atoms with E-state index in [4.69, 9.17) is 14.0 Å². The summed E-state index contributed by atoms with van der Waals surface area (Å²) in [6.07, 6.45) is 0. The maximum absolute atomic E-state index is 12.1. The highest BCUT2D eigenvalue weighted by Gasteiger charge is 2.19. The lowest BCUT2D eigenvalue weighted by Gasteiger charge is -2.07. The Hall–Kier alpha value is -3.08. The van der Waals surface area contributed by atoms with Crippen LogP contribution in [0.4, 0.5) is 0 Å². The molecule has 0 aliphatic heterocycles. The molecule has 0 radical (unpaired) electrons. The Balaban J connectivity index is 1.69. The molecule has 0 unspecified atom stereocenters. The summed E-state index contributed by atoms with van der Waals surface area (Å²) < 4.78 is 16.0.